The molecular formula is C87H56N8. The maximum Gasteiger partial charge on any atom is 0.165 e. The summed E-state index contributed by atoms with van der Waals surface area (Å²) in [7, 11) is 0. The highest BCUT2D eigenvalue weighted by Gasteiger charge is 2.36. The molecular weight excluding hydrogens is 1160 g/mol. The van der Waals surface area contributed by atoms with Gasteiger partial charge in [0.1, 0.15) is 0 Å². The molecule has 13 aromatic carbocycles. The lowest BCUT2D eigenvalue weighted by molar-refractivity contribution is 0.660. The molecule has 0 N–H and O–H groups in total. The van der Waals surface area contributed by atoms with Gasteiger partial charge in [-0.2, -0.15) is 5.26 Å². The summed E-state index contributed by atoms with van der Waals surface area (Å²) in [6, 6.07) is 106. The minimum Gasteiger partial charge on any atom is -0.256 e. The third kappa shape index (κ3) is 10.1. The van der Waals surface area contributed by atoms with Crippen molar-refractivity contribution in [2.24, 2.45) is 0 Å². The van der Waals surface area contributed by atoms with Gasteiger partial charge in [0.05, 0.1) is 17.1 Å². The third-order valence-electron chi connectivity index (χ3n) is 18.7. The minimum atomic E-state index is -0.256. The fourth-order valence-corrected chi connectivity index (χ4v) is 13.9. The molecule has 0 aliphatic heterocycles. The third-order valence-corrected chi connectivity index (χ3v) is 18.7. The second-order valence-corrected chi connectivity index (χ2v) is 24.7. The number of rotatable bonds is 11. The summed E-state index contributed by atoms with van der Waals surface area (Å²) in [5, 5.41) is 15.0. The number of fused-ring (bicyclic) bond motifs is 6. The van der Waals surface area contributed by atoms with Gasteiger partial charge >= 0.3 is 0 Å². The molecule has 1 aliphatic carbocycles. The molecule has 3 aromatic heterocycles. The summed E-state index contributed by atoms with van der Waals surface area (Å²) in [5.41, 5.74) is 22.1. The number of para-hydroxylation sites is 1. The Labute approximate surface area is 550 Å². The first-order valence-corrected chi connectivity index (χ1v) is 31.9. The molecule has 0 saturated heterocycles. The lowest BCUT2D eigenvalue weighted by Gasteiger charge is -2.22. The summed E-state index contributed by atoms with van der Waals surface area (Å²) in [5.74, 6) is 3.43. The van der Waals surface area contributed by atoms with Crippen LogP contribution in [0.15, 0.2) is 303 Å². The van der Waals surface area contributed by atoms with Crippen molar-refractivity contribution in [3.63, 3.8) is 0 Å². The highest BCUT2D eigenvalue weighted by atomic mass is 15.0. The first-order chi connectivity index (χ1) is 46.8. The molecule has 0 bridgehead atoms. The molecule has 0 unspecified atom stereocenters. The van der Waals surface area contributed by atoms with Gasteiger partial charge in [0.15, 0.2) is 34.9 Å². The Kier molecular flexibility index (Phi) is 13.8. The van der Waals surface area contributed by atoms with Crippen LogP contribution in [0.5, 0.6) is 0 Å². The molecule has 0 spiro atoms. The number of nitriles is 1. The van der Waals surface area contributed by atoms with Crippen LogP contribution in [-0.4, -0.2) is 34.9 Å². The number of aromatic nitrogens is 7. The maximum atomic E-state index is 9.77. The lowest BCUT2D eigenvalue weighted by atomic mass is 9.81. The van der Waals surface area contributed by atoms with Crippen LogP contribution < -0.4 is 0 Å². The van der Waals surface area contributed by atoms with Gasteiger partial charge in [-0.3, -0.25) is 4.98 Å². The monoisotopic (exact) mass is 1210 g/mol. The average molecular weight is 1210 g/mol. The van der Waals surface area contributed by atoms with Gasteiger partial charge in [-0.1, -0.05) is 275 Å². The van der Waals surface area contributed by atoms with E-state index >= 15 is 0 Å². The van der Waals surface area contributed by atoms with E-state index in [1.54, 1.807) is 0 Å². The standard InChI is InChI=1S/C87H56N8/c1-87(2)76-50-54(53-88)32-43-72(76)73-45-42-63(52-77(73)87)55-33-35-58(36-34-55)69-44-41-56-18-12-13-27-68(56)79(69)85-92-83(62-23-10-5-11-24-62)91-84(95-85)65-26-16-25-64(51-65)66-29-17-30-75-71(66)47-46-70(59-39-37-57(38-40-59)67-48-49-89-78-31-15-14-28-74(67)78)80(75)86-93-81(60-19-6-3-7-20-60)90-82(94-86)61-21-8-4-9-22-61/h3-52H,1-2H3. The Morgan fingerprint density at radius 3 is 1.35 bits per heavy atom. The Bertz CT molecular complexity index is 5680. The summed E-state index contributed by atoms with van der Waals surface area (Å²) in [6.45, 7) is 4.51. The summed E-state index contributed by atoms with van der Waals surface area (Å²) in [4.78, 5) is 36.8. The molecule has 0 radical (unpaired) electrons. The highest BCUT2D eigenvalue weighted by Crippen LogP contribution is 2.51. The zero-order chi connectivity index (χ0) is 63.6. The quantitative estimate of drug-likeness (QED) is 0.126. The zero-order valence-corrected chi connectivity index (χ0v) is 51.9. The number of hydrogen-bond donors (Lipinski definition) is 0. The molecule has 1 aliphatic rings. The van der Waals surface area contributed by atoms with Crippen molar-refractivity contribution in [1.29, 1.82) is 5.26 Å². The van der Waals surface area contributed by atoms with Crippen LogP contribution in [0, 0.1) is 11.3 Å². The second-order valence-electron chi connectivity index (χ2n) is 24.7. The lowest BCUT2D eigenvalue weighted by Crippen LogP contribution is -2.15. The van der Waals surface area contributed by atoms with E-state index in [1.165, 1.54) is 22.3 Å². The fourth-order valence-electron chi connectivity index (χ4n) is 13.9. The molecule has 444 valence electrons. The van der Waals surface area contributed by atoms with Crippen LogP contribution in [-0.2, 0) is 5.41 Å². The molecule has 3 heterocycles. The van der Waals surface area contributed by atoms with E-state index in [9.17, 15) is 5.26 Å². The largest absolute Gasteiger partial charge is 0.256 e. The first-order valence-electron chi connectivity index (χ1n) is 31.9. The van der Waals surface area contributed by atoms with Crippen LogP contribution in [0.4, 0.5) is 0 Å². The van der Waals surface area contributed by atoms with E-state index in [2.05, 4.69) is 225 Å². The fraction of sp³-hybridized carbons (Fsp3) is 0.0345. The summed E-state index contributed by atoms with van der Waals surface area (Å²) in [6.07, 6.45) is 1.88. The van der Waals surface area contributed by atoms with Gasteiger partial charge in [0.25, 0.3) is 0 Å². The van der Waals surface area contributed by atoms with Crippen LogP contribution in [0.3, 0.4) is 0 Å². The van der Waals surface area contributed by atoms with Crippen molar-refractivity contribution in [3.05, 3.63) is 320 Å². The molecule has 8 nitrogen and oxygen atoms in total. The summed E-state index contributed by atoms with van der Waals surface area (Å²) < 4.78 is 0. The van der Waals surface area contributed by atoms with E-state index in [0.29, 0.717) is 40.5 Å². The van der Waals surface area contributed by atoms with Crippen molar-refractivity contribution in [1.82, 2.24) is 34.9 Å². The smallest absolute Gasteiger partial charge is 0.165 e. The van der Waals surface area contributed by atoms with Gasteiger partial charge < -0.3 is 0 Å². The second kappa shape index (κ2) is 23.2. The van der Waals surface area contributed by atoms with Gasteiger partial charge in [0.2, 0.25) is 0 Å². The van der Waals surface area contributed by atoms with E-state index in [-0.39, 0.29) is 5.41 Å². The van der Waals surface area contributed by atoms with Crippen molar-refractivity contribution < 1.29 is 0 Å². The Balaban J connectivity index is 0.797. The average Bonchev–Trinajstić information content (AvgIpc) is 1.72. The molecule has 17 rings (SSSR count). The zero-order valence-electron chi connectivity index (χ0n) is 51.9. The molecule has 0 fully saturated rings. The van der Waals surface area contributed by atoms with Gasteiger partial charge in [-0.25, -0.2) is 29.9 Å². The number of pyridine rings is 1. The van der Waals surface area contributed by atoms with Crippen LogP contribution in [0.1, 0.15) is 30.5 Å². The van der Waals surface area contributed by atoms with Crippen molar-refractivity contribution >= 4 is 32.4 Å². The van der Waals surface area contributed by atoms with E-state index in [1.807, 2.05) is 103 Å². The Hall–Kier alpha value is -12.7. The molecule has 95 heavy (non-hydrogen) atoms. The van der Waals surface area contributed by atoms with Crippen LogP contribution >= 0.6 is 0 Å². The van der Waals surface area contributed by atoms with E-state index in [4.69, 9.17) is 29.9 Å². The van der Waals surface area contributed by atoms with Gasteiger partial charge in [-0.15, -0.1) is 0 Å². The molecule has 8 heteroatoms. The summed E-state index contributed by atoms with van der Waals surface area (Å²) >= 11 is 0. The molecule has 0 atom stereocenters. The van der Waals surface area contributed by atoms with Crippen LogP contribution in [0.25, 0.3) is 168 Å². The SMILES string of the molecule is CC1(C)c2cc(C#N)ccc2-c2ccc(-c3ccc(-c4ccc5ccccc5c4-c4nc(-c5ccccc5)nc(-c5cccc(-c6cccc7c(-c8nc(-c9ccccc9)nc(-c9ccccc9)n8)c(-c8ccc(-c9ccnc%10ccccc9%10)cc8)ccc67)c5)n4)cc3)cc21. The van der Waals surface area contributed by atoms with E-state index < -0.39 is 0 Å². The predicted molar refractivity (Wildman–Crippen MR) is 386 cm³/mol. The van der Waals surface area contributed by atoms with Gasteiger partial charge in [0, 0.05) is 50.4 Å². The number of hydrogen-bond acceptors (Lipinski definition) is 8. The number of nitrogens with zero attached hydrogens (tertiary/aromatic N) is 8. The first kappa shape index (κ1) is 56.3. The maximum absolute atomic E-state index is 9.77. The minimum absolute atomic E-state index is 0.256. The van der Waals surface area contributed by atoms with E-state index in [0.717, 1.165) is 121 Å². The van der Waals surface area contributed by atoms with Crippen molar-refractivity contribution in [3.8, 4) is 141 Å². The Morgan fingerprint density at radius 1 is 0.274 bits per heavy atom. The van der Waals surface area contributed by atoms with Crippen LogP contribution in [0.2, 0.25) is 0 Å². The van der Waals surface area contributed by atoms with Crippen molar-refractivity contribution in [2.75, 3.05) is 0 Å². The normalized spacial score (nSPS) is 12.2. The molecule has 0 saturated carbocycles. The topological polar surface area (TPSA) is 114 Å². The van der Waals surface area contributed by atoms with Crippen molar-refractivity contribution in [2.45, 2.75) is 19.3 Å². The molecule has 0 amide bonds. The van der Waals surface area contributed by atoms with Gasteiger partial charge in [-0.05, 0) is 136 Å². The highest BCUT2D eigenvalue weighted by molar-refractivity contribution is 6.09. The predicted octanol–water partition coefficient (Wildman–Crippen LogP) is 21.4. The molecule has 16 aromatic rings. The number of benzene rings is 13. The Morgan fingerprint density at radius 2 is 0.716 bits per heavy atom.